The summed E-state index contributed by atoms with van der Waals surface area (Å²) in [6, 6.07) is 7.92. The zero-order chi connectivity index (χ0) is 16.8. The Labute approximate surface area is 142 Å². The maximum absolute atomic E-state index is 5.88. The molecule has 3 rings (SSSR count). The summed E-state index contributed by atoms with van der Waals surface area (Å²) >= 11 is 0. The van der Waals surface area contributed by atoms with Crippen molar-refractivity contribution >= 4 is 12.2 Å². The minimum Gasteiger partial charge on any atom is -0.492 e. The van der Waals surface area contributed by atoms with E-state index in [9.17, 15) is 0 Å². The molecular formula is C18H25N5O. The van der Waals surface area contributed by atoms with Crippen molar-refractivity contribution in [3.8, 4) is 5.75 Å². The number of aromatic nitrogens is 2. The smallest absolute Gasteiger partial charge is 0.221 e. The number of imidazole rings is 1. The average molecular weight is 327 g/mol. The second kappa shape index (κ2) is 7.97. The molecule has 1 fully saturated rings. The zero-order valence-electron chi connectivity index (χ0n) is 14.2. The van der Waals surface area contributed by atoms with Gasteiger partial charge in [0, 0.05) is 6.54 Å². The fraction of sp³-hybridized carbons (Fsp3) is 0.444. The molecule has 2 aromatic rings. The van der Waals surface area contributed by atoms with E-state index in [1.807, 2.05) is 31.2 Å². The zero-order valence-corrected chi connectivity index (χ0v) is 14.2. The van der Waals surface area contributed by atoms with Crippen LogP contribution >= 0.6 is 0 Å². The van der Waals surface area contributed by atoms with Gasteiger partial charge in [-0.2, -0.15) is 5.10 Å². The van der Waals surface area contributed by atoms with Crippen LogP contribution in [0.1, 0.15) is 30.5 Å². The third-order valence-corrected chi connectivity index (χ3v) is 4.15. The first-order valence-corrected chi connectivity index (χ1v) is 8.52. The van der Waals surface area contributed by atoms with Gasteiger partial charge in [0.15, 0.2) is 0 Å². The summed E-state index contributed by atoms with van der Waals surface area (Å²) in [5.74, 6) is 1.25. The van der Waals surface area contributed by atoms with Gasteiger partial charge in [0.25, 0.3) is 0 Å². The molecule has 1 aromatic carbocycles. The Morgan fingerprint density at radius 3 is 2.88 bits per heavy atom. The summed E-state index contributed by atoms with van der Waals surface area (Å²) in [5.41, 5.74) is 7.60. The van der Waals surface area contributed by atoms with Crippen LogP contribution in [0.25, 0.3) is 0 Å². The van der Waals surface area contributed by atoms with Gasteiger partial charge in [0.2, 0.25) is 5.95 Å². The molecule has 6 heteroatoms. The van der Waals surface area contributed by atoms with E-state index in [1.165, 1.54) is 32.4 Å². The number of nitrogens with zero attached hydrogens (tertiary/aromatic N) is 4. The van der Waals surface area contributed by atoms with Crippen LogP contribution < -0.4 is 10.5 Å². The van der Waals surface area contributed by atoms with Crippen LogP contribution in [-0.4, -0.2) is 47.0 Å². The molecule has 1 aliphatic rings. The summed E-state index contributed by atoms with van der Waals surface area (Å²) in [4.78, 5) is 6.59. The molecule has 1 aliphatic heterocycles. The molecule has 2 N–H and O–H groups in total. The van der Waals surface area contributed by atoms with Gasteiger partial charge in [-0.1, -0.05) is 18.6 Å². The molecule has 128 valence electrons. The Kier molecular flexibility index (Phi) is 5.48. The minimum atomic E-state index is 0.387. The van der Waals surface area contributed by atoms with Gasteiger partial charge in [0.1, 0.15) is 12.4 Å². The van der Waals surface area contributed by atoms with Crippen LogP contribution in [0.3, 0.4) is 0 Å². The van der Waals surface area contributed by atoms with E-state index >= 15 is 0 Å². The molecule has 0 amide bonds. The molecule has 2 heterocycles. The second-order valence-corrected chi connectivity index (χ2v) is 6.15. The van der Waals surface area contributed by atoms with Crippen LogP contribution in [0.2, 0.25) is 0 Å². The number of hydrogen-bond donors (Lipinski definition) is 1. The fourth-order valence-electron chi connectivity index (χ4n) is 2.89. The third-order valence-electron chi connectivity index (χ3n) is 4.15. The predicted molar refractivity (Wildman–Crippen MR) is 96.6 cm³/mol. The van der Waals surface area contributed by atoms with Crippen molar-refractivity contribution in [3.63, 3.8) is 0 Å². The number of aryl methyl sites for hydroxylation is 1. The lowest BCUT2D eigenvalue weighted by Crippen LogP contribution is -2.33. The highest BCUT2D eigenvalue weighted by Gasteiger charge is 2.09. The molecule has 1 saturated heterocycles. The molecule has 0 bridgehead atoms. The van der Waals surface area contributed by atoms with Crippen LogP contribution in [0.15, 0.2) is 35.6 Å². The quantitative estimate of drug-likeness (QED) is 0.828. The van der Waals surface area contributed by atoms with E-state index in [1.54, 1.807) is 17.1 Å². The lowest BCUT2D eigenvalue weighted by Gasteiger charge is -2.26. The number of nitrogens with two attached hydrogens (primary N) is 1. The highest BCUT2D eigenvalue weighted by atomic mass is 16.5. The summed E-state index contributed by atoms with van der Waals surface area (Å²) in [7, 11) is 0. The SMILES string of the molecule is Cc1cn(N=Cc2cccc(OCCN3CCCCC3)c2)c(N)n1. The molecule has 6 nitrogen and oxygen atoms in total. The first-order chi connectivity index (χ1) is 11.7. The molecular weight excluding hydrogens is 302 g/mol. The summed E-state index contributed by atoms with van der Waals surface area (Å²) < 4.78 is 7.45. The van der Waals surface area contributed by atoms with Gasteiger partial charge < -0.3 is 10.5 Å². The fourth-order valence-corrected chi connectivity index (χ4v) is 2.89. The van der Waals surface area contributed by atoms with Gasteiger partial charge in [-0.25, -0.2) is 9.66 Å². The lowest BCUT2D eigenvalue weighted by atomic mass is 10.1. The van der Waals surface area contributed by atoms with Crippen molar-refractivity contribution in [1.29, 1.82) is 0 Å². The number of likely N-dealkylation sites (tertiary alicyclic amines) is 1. The van der Waals surface area contributed by atoms with Gasteiger partial charge in [0.05, 0.1) is 18.1 Å². The Morgan fingerprint density at radius 1 is 1.29 bits per heavy atom. The van der Waals surface area contributed by atoms with Crippen LogP contribution in [0.4, 0.5) is 5.95 Å². The number of anilines is 1. The molecule has 0 radical (unpaired) electrons. The molecule has 0 aliphatic carbocycles. The highest BCUT2D eigenvalue weighted by molar-refractivity contribution is 5.80. The molecule has 0 saturated carbocycles. The number of hydrogen-bond acceptors (Lipinski definition) is 5. The lowest BCUT2D eigenvalue weighted by molar-refractivity contribution is 0.183. The van der Waals surface area contributed by atoms with Gasteiger partial charge in [-0.05, 0) is 50.6 Å². The number of ether oxygens (including phenoxy) is 1. The van der Waals surface area contributed by atoms with Crippen molar-refractivity contribution in [2.75, 3.05) is 32.0 Å². The largest absolute Gasteiger partial charge is 0.492 e. The van der Waals surface area contributed by atoms with Crippen molar-refractivity contribution < 1.29 is 4.74 Å². The first kappa shape index (κ1) is 16.5. The predicted octanol–water partition coefficient (Wildman–Crippen LogP) is 2.52. The maximum atomic E-state index is 5.88. The van der Waals surface area contributed by atoms with Crippen LogP contribution in [0, 0.1) is 6.92 Å². The number of benzene rings is 1. The normalized spacial score (nSPS) is 15.9. The third kappa shape index (κ3) is 4.58. The number of nitrogen functional groups attached to an aromatic ring is 1. The van der Waals surface area contributed by atoms with Gasteiger partial charge in [-0.3, -0.25) is 4.90 Å². The topological polar surface area (TPSA) is 68.7 Å². The van der Waals surface area contributed by atoms with E-state index in [2.05, 4.69) is 15.0 Å². The monoisotopic (exact) mass is 327 g/mol. The van der Waals surface area contributed by atoms with E-state index in [0.717, 1.165) is 23.6 Å². The van der Waals surface area contributed by atoms with Crippen molar-refractivity contribution in [1.82, 2.24) is 14.6 Å². The second-order valence-electron chi connectivity index (χ2n) is 6.15. The molecule has 0 atom stereocenters. The standard InChI is InChI=1S/C18H25N5O/c1-15-14-23(18(19)21-15)20-13-16-6-5-7-17(12-16)24-11-10-22-8-3-2-4-9-22/h5-7,12-14H,2-4,8-11H2,1H3,(H2,19,21). The first-order valence-electron chi connectivity index (χ1n) is 8.52. The Bertz CT molecular complexity index is 688. The molecule has 0 unspecified atom stereocenters. The van der Waals surface area contributed by atoms with Crippen LogP contribution in [0.5, 0.6) is 5.75 Å². The maximum Gasteiger partial charge on any atom is 0.221 e. The van der Waals surface area contributed by atoms with E-state index in [0.29, 0.717) is 12.6 Å². The van der Waals surface area contributed by atoms with Crippen molar-refractivity contribution in [2.45, 2.75) is 26.2 Å². The summed E-state index contributed by atoms with van der Waals surface area (Å²) in [6.45, 7) is 5.99. The van der Waals surface area contributed by atoms with Crippen molar-refractivity contribution in [2.24, 2.45) is 5.10 Å². The average Bonchev–Trinajstić information content (AvgIpc) is 2.92. The van der Waals surface area contributed by atoms with E-state index < -0.39 is 0 Å². The molecule has 0 spiro atoms. The van der Waals surface area contributed by atoms with E-state index in [4.69, 9.17) is 10.5 Å². The van der Waals surface area contributed by atoms with Crippen molar-refractivity contribution in [3.05, 3.63) is 41.7 Å². The number of rotatable bonds is 6. The Morgan fingerprint density at radius 2 is 2.12 bits per heavy atom. The van der Waals surface area contributed by atoms with Gasteiger partial charge in [-0.15, -0.1) is 0 Å². The van der Waals surface area contributed by atoms with Gasteiger partial charge >= 0.3 is 0 Å². The Hall–Kier alpha value is -2.34. The highest BCUT2D eigenvalue weighted by Crippen LogP contribution is 2.13. The van der Waals surface area contributed by atoms with Crippen LogP contribution in [-0.2, 0) is 0 Å². The minimum absolute atomic E-state index is 0.387. The van der Waals surface area contributed by atoms with E-state index in [-0.39, 0.29) is 0 Å². The Balaban J connectivity index is 1.54. The molecule has 1 aromatic heterocycles. The summed E-state index contributed by atoms with van der Waals surface area (Å²) in [6.07, 6.45) is 7.53. The molecule has 24 heavy (non-hydrogen) atoms. The summed E-state index contributed by atoms with van der Waals surface area (Å²) in [5, 5.41) is 4.33. The number of piperidine rings is 1.